The predicted molar refractivity (Wildman–Crippen MR) is 105 cm³/mol. The lowest BCUT2D eigenvalue weighted by Crippen LogP contribution is -2.36. The third-order valence-corrected chi connectivity index (χ3v) is 5.46. The molecule has 0 saturated carbocycles. The third kappa shape index (κ3) is 2.78. The second-order valence-electron chi connectivity index (χ2n) is 6.07. The first-order chi connectivity index (χ1) is 12.6. The van der Waals surface area contributed by atoms with E-state index in [0.29, 0.717) is 11.5 Å². The van der Waals surface area contributed by atoms with Gasteiger partial charge < -0.3 is 14.4 Å². The average molecular weight is 368 g/mol. The van der Waals surface area contributed by atoms with Gasteiger partial charge in [-0.15, -0.1) is 11.3 Å². The van der Waals surface area contributed by atoms with Crippen LogP contribution in [0.2, 0.25) is 0 Å². The fourth-order valence-corrected chi connectivity index (χ4v) is 4.03. The molecule has 2 aliphatic rings. The van der Waals surface area contributed by atoms with Gasteiger partial charge in [-0.05, 0) is 32.1 Å². The SMILES string of the molecule is COc1cc2c(cc1OC)C1=NCCN1C(C=Cc1sc(C)nc1C)=N2. The number of aryl methyl sites for hydroxylation is 2. The van der Waals surface area contributed by atoms with E-state index in [0.717, 1.165) is 51.6 Å². The first kappa shape index (κ1) is 16.8. The molecule has 134 valence electrons. The molecule has 7 heteroatoms. The number of benzene rings is 1. The second-order valence-corrected chi connectivity index (χ2v) is 7.30. The molecule has 0 aliphatic carbocycles. The Morgan fingerprint density at radius 2 is 1.88 bits per heavy atom. The van der Waals surface area contributed by atoms with E-state index < -0.39 is 0 Å². The van der Waals surface area contributed by atoms with Crippen LogP contribution >= 0.6 is 11.3 Å². The number of hydrogen-bond acceptors (Lipinski definition) is 7. The summed E-state index contributed by atoms with van der Waals surface area (Å²) in [5, 5.41) is 1.07. The normalized spacial score (nSPS) is 15.6. The lowest BCUT2D eigenvalue weighted by Gasteiger charge is -2.26. The number of fused-ring (bicyclic) bond motifs is 3. The van der Waals surface area contributed by atoms with Crippen LogP contribution in [0.15, 0.2) is 28.2 Å². The molecule has 0 spiro atoms. The van der Waals surface area contributed by atoms with Crippen molar-refractivity contribution in [3.05, 3.63) is 39.4 Å². The summed E-state index contributed by atoms with van der Waals surface area (Å²) in [7, 11) is 3.27. The molecule has 2 aliphatic heterocycles. The number of nitrogens with zero attached hydrogens (tertiary/aromatic N) is 4. The van der Waals surface area contributed by atoms with Crippen LogP contribution in [0.25, 0.3) is 6.08 Å². The van der Waals surface area contributed by atoms with Gasteiger partial charge in [0.15, 0.2) is 11.5 Å². The highest BCUT2D eigenvalue weighted by Crippen LogP contribution is 2.38. The van der Waals surface area contributed by atoms with Gasteiger partial charge >= 0.3 is 0 Å². The van der Waals surface area contributed by atoms with Crippen molar-refractivity contribution in [3.63, 3.8) is 0 Å². The van der Waals surface area contributed by atoms with Crippen molar-refractivity contribution >= 4 is 34.8 Å². The molecule has 0 radical (unpaired) electrons. The van der Waals surface area contributed by atoms with Gasteiger partial charge in [0.05, 0.1) is 42.0 Å². The predicted octanol–water partition coefficient (Wildman–Crippen LogP) is 3.60. The van der Waals surface area contributed by atoms with E-state index in [1.807, 2.05) is 32.1 Å². The lowest BCUT2D eigenvalue weighted by atomic mass is 10.1. The van der Waals surface area contributed by atoms with Gasteiger partial charge in [-0.25, -0.2) is 9.98 Å². The van der Waals surface area contributed by atoms with E-state index in [-0.39, 0.29) is 0 Å². The summed E-state index contributed by atoms with van der Waals surface area (Å²) >= 11 is 1.69. The van der Waals surface area contributed by atoms with E-state index in [4.69, 9.17) is 14.5 Å². The number of methoxy groups -OCH3 is 2. The lowest BCUT2D eigenvalue weighted by molar-refractivity contribution is 0.355. The molecule has 0 N–H and O–H groups in total. The molecule has 0 unspecified atom stereocenters. The Morgan fingerprint density at radius 3 is 2.58 bits per heavy atom. The average Bonchev–Trinajstić information content (AvgIpc) is 3.25. The van der Waals surface area contributed by atoms with Gasteiger partial charge in [0.25, 0.3) is 0 Å². The molecule has 2 aromatic rings. The van der Waals surface area contributed by atoms with Crippen LogP contribution in [0.5, 0.6) is 11.5 Å². The zero-order chi connectivity index (χ0) is 18.3. The maximum absolute atomic E-state index is 5.43. The van der Waals surface area contributed by atoms with Crippen molar-refractivity contribution in [1.29, 1.82) is 0 Å². The zero-order valence-electron chi connectivity index (χ0n) is 15.2. The fourth-order valence-electron chi connectivity index (χ4n) is 3.20. The molecule has 26 heavy (non-hydrogen) atoms. The third-order valence-electron chi connectivity index (χ3n) is 4.42. The van der Waals surface area contributed by atoms with Gasteiger partial charge in [-0.2, -0.15) is 0 Å². The Labute approximate surface area is 156 Å². The summed E-state index contributed by atoms with van der Waals surface area (Å²) in [5.41, 5.74) is 2.86. The van der Waals surface area contributed by atoms with Crippen LogP contribution in [0.1, 0.15) is 21.1 Å². The highest BCUT2D eigenvalue weighted by atomic mass is 32.1. The number of hydrogen-bond donors (Lipinski definition) is 0. The molecule has 0 fully saturated rings. The second kappa shape index (κ2) is 6.57. The minimum atomic E-state index is 0.666. The summed E-state index contributed by atoms with van der Waals surface area (Å²) in [6.45, 7) is 5.64. The summed E-state index contributed by atoms with van der Waals surface area (Å²) in [5.74, 6) is 3.17. The molecule has 0 bridgehead atoms. The molecular formula is C19H20N4O2S. The van der Waals surface area contributed by atoms with Gasteiger partial charge in [-0.3, -0.25) is 4.99 Å². The van der Waals surface area contributed by atoms with Crippen molar-refractivity contribution in [1.82, 2.24) is 9.88 Å². The Balaban J connectivity index is 1.78. The first-order valence-electron chi connectivity index (χ1n) is 8.40. The van der Waals surface area contributed by atoms with Crippen molar-refractivity contribution < 1.29 is 9.47 Å². The first-order valence-corrected chi connectivity index (χ1v) is 9.21. The smallest absolute Gasteiger partial charge is 0.162 e. The number of rotatable bonds is 4. The van der Waals surface area contributed by atoms with E-state index in [9.17, 15) is 0 Å². The number of aromatic nitrogens is 1. The molecular weight excluding hydrogens is 348 g/mol. The van der Waals surface area contributed by atoms with E-state index in [1.54, 1.807) is 25.6 Å². The maximum Gasteiger partial charge on any atom is 0.162 e. The van der Waals surface area contributed by atoms with Gasteiger partial charge in [0, 0.05) is 18.2 Å². The van der Waals surface area contributed by atoms with Crippen molar-refractivity contribution in [2.75, 3.05) is 27.3 Å². The van der Waals surface area contributed by atoms with Crippen LogP contribution in [0, 0.1) is 13.8 Å². The van der Waals surface area contributed by atoms with Crippen LogP contribution in [0.3, 0.4) is 0 Å². The number of aliphatic imine (C=N–C) groups is 2. The molecule has 0 amide bonds. The molecule has 0 atom stereocenters. The summed E-state index contributed by atoms with van der Waals surface area (Å²) in [6, 6.07) is 3.86. The number of amidine groups is 2. The topological polar surface area (TPSA) is 59.3 Å². The number of ether oxygens (including phenoxy) is 2. The summed E-state index contributed by atoms with van der Waals surface area (Å²) in [4.78, 5) is 17.3. The van der Waals surface area contributed by atoms with Crippen molar-refractivity contribution in [2.24, 2.45) is 9.98 Å². The summed E-state index contributed by atoms with van der Waals surface area (Å²) in [6.07, 6.45) is 4.13. The monoisotopic (exact) mass is 368 g/mol. The van der Waals surface area contributed by atoms with E-state index in [2.05, 4.69) is 21.0 Å². The van der Waals surface area contributed by atoms with Crippen LogP contribution in [-0.2, 0) is 0 Å². The van der Waals surface area contributed by atoms with Crippen LogP contribution in [0.4, 0.5) is 5.69 Å². The molecule has 1 aromatic heterocycles. The molecule has 6 nitrogen and oxygen atoms in total. The molecule has 0 saturated heterocycles. The quantitative estimate of drug-likeness (QED) is 0.827. The minimum absolute atomic E-state index is 0.666. The summed E-state index contributed by atoms with van der Waals surface area (Å²) < 4.78 is 10.9. The Morgan fingerprint density at radius 1 is 1.12 bits per heavy atom. The minimum Gasteiger partial charge on any atom is -0.493 e. The largest absolute Gasteiger partial charge is 0.493 e. The Hall–Kier alpha value is -2.67. The van der Waals surface area contributed by atoms with E-state index >= 15 is 0 Å². The standard InChI is InChI=1S/C19H20N4O2S/c1-11-17(26-12(2)21-11)5-6-18-22-14-10-16(25-4)15(24-3)9-13(14)19-20-7-8-23(18)19/h5-6,9-10H,7-8H2,1-4H3. The van der Waals surface area contributed by atoms with Crippen LogP contribution < -0.4 is 9.47 Å². The fraction of sp³-hybridized carbons (Fsp3) is 0.316. The Bertz CT molecular complexity index is 959. The van der Waals surface area contributed by atoms with Crippen molar-refractivity contribution in [3.8, 4) is 11.5 Å². The van der Waals surface area contributed by atoms with Gasteiger partial charge in [-0.1, -0.05) is 0 Å². The highest BCUT2D eigenvalue weighted by molar-refractivity contribution is 7.12. The maximum atomic E-state index is 5.43. The van der Waals surface area contributed by atoms with E-state index in [1.165, 1.54) is 0 Å². The molecule has 3 heterocycles. The molecule has 4 rings (SSSR count). The zero-order valence-corrected chi connectivity index (χ0v) is 16.1. The number of thiazole rings is 1. The molecule has 1 aromatic carbocycles. The van der Waals surface area contributed by atoms with Crippen molar-refractivity contribution in [2.45, 2.75) is 13.8 Å². The Kier molecular flexibility index (Phi) is 4.24. The van der Waals surface area contributed by atoms with Crippen LogP contribution in [-0.4, -0.2) is 48.9 Å². The van der Waals surface area contributed by atoms with Gasteiger partial charge in [0.2, 0.25) is 0 Å². The van der Waals surface area contributed by atoms with Gasteiger partial charge in [0.1, 0.15) is 11.7 Å². The highest BCUT2D eigenvalue weighted by Gasteiger charge is 2.29.